The van der Waals surface area contributed by atoms with Gasteiger partial charge in [0.15, 0.2) is 9.84 Å². The molecule has 1 unspecified atom stereocenters. The Morgan fingerprint density at radius 3 is 2.26 bits per heavy atom. The highest BCUT2D eigenvalue weighted by Gasteiger charge is 2.18. The van der Waals surface area contributed by atoms with E-state index in [0.717, 1.165) is 38.7 Å². The molecule has 0 amide bonds. The molecule has 0 aliphatic carbocycles. The number of halogens is 1. The second-order valence-electron chi connectivity index (χ2n) is 9.87. The molecule has 3 rings (SSSR count). The number of pyridine rings is 2. The minimum absolute atomic E-state index is 0.0101. The molecule has 0 radical (unpaired) electrons. The van der Waals surface area contributed by atoms with E-state index in [4.69, 9.17) is 21.3 Å². The predicted octanol–water partition coefficient (Wildman–Crippen LogP) is 7.16. The quantitative estimate of drug-likeness (QED) is 0.320. The SMILES string of the molecule is COC(CC/C(Cl)=C/C(C)(C)C)c1cnc(-c2ccc(C)nc2)c(-c2ccc(S(C)(=O)=O)cc2)c1. The summed E-state index contributed by atoms with van der Waals surface area (Å²) in [7, 11) is -1.60. The molecule has 0 bridgehead atoms. The van der Waals surface area contributed by atoms with Crippen molar-refractivity contribution in [2.75, 3.05) is 13.4 Å². The number of hydrogen-bond donors (Lipinski definition) is 0. The minimum Gasteiger partial charge on any atom is -0.377 e. The molecular weight excluding hydrogens is 480 g/mol. The lowest BCUT2D eigenvalue weighted by atomic mass is 9.94. The molecule has 0 fully saturated rings. The Hall–Kier alpha value is -2.54. The fraction of sp³-hybridized carbons (Fsp3) is 0.357. The zero-order chi connectivity index (χ0) is 25.8. The van der Waals surface area contributed by atoms with Gasteiger partial charge in [-0.15, -0.1) is 0 Å². The van der Waals surface area contributed by atoms with Crippen LogP contribution in [0.25, 0.3) is 22.4 Å². The average molecular weight is 513 g/mol. The first-order valence-electron chi connectivity index (χ1n) is 11.5. The number of allylic oxidation sites excluding steroid dienone is 2. The van der Waals surface area contributed by atoms with Gasteiger partial charge in [0, 0.05) is 47.6 Å². The van der Waals surface area contributed by atoms with Gasteiger partial charge in [-0.3, -0.25) is 9.97 Å². The maximum Gasteiger partial charge on any atom is 0.175 e. The molecule has 186 valence electrons. The van der Waals surface area contributed by atoms with E-state index in [1.807, 2.05) is 37.4 Å². The standard InChI is InChI=1S/C28H33ClN2O3S/c1-19-7-8-21(17-30-19)27-25(20-9-12-24(13-10-20)35(6,32)33)15-22(18-31-27)26(34-5)14-11-23(29)16-28(2,3)4/h7-10,12-13,15-18,26H,11,14H2,1-6H3/b23-16-. The normalized spacial score (nSPS) is 13.6. The first-order chi connectivity index (χ1) is 16.4. The van der Waals surface area contributed by atoms with Crippen molar-refractivity contribution in [3.63, 3.8) is 0 Å². The topological polar surface area (TPSA) is 69.2 Å². The molecule has 0 aliphatic heterocycles. The van der Waals surface area contributed by atoms with Crippen molar-refractivity contribution in [3.8, 4) is 22.4 Å². The second-order valence-corrected chi connectivity index (χ2v) is 12.4. The lowest BCUT2D eigenvalue weighted by Gasteiger charge is -2.19. The first-order valence-corrected chi connectivity index (χ1v) is 13.8. The summed E-state index contributed by atoms with van der Waals surface area (Å²) in [5.41, 5.74) is 5.26. The molecule has 1 atom stereocenters. The third-order valence-electron chi connectivity index (χ3n) is 5.58. The number of ether oxygens (including phenoxy) is 1. The summed E-state index contributed by atoms with van der Waals surface area (Å²) in [6, 6.07) is 12.9. The number of rotatable bonds is 8. The smallest absolute Gasteiger partial charge is 0.175 e. The van der Waals surface area contributed by atoms with Crippen LogP contribution < -0.4 is 0 Å². The van der Waals surface area contributed by atoms with E-state index in [1.165, 1.54) is 6.26 Å². The number of aryl methyl sites for hydroxylation is 1. The number of hydrogen-bond acceptors (Lipinski definition) is 5. The second kappa shape index (κ2) is 11.0. The minimum atomic E-state index is -3.29. The van der Waals surface area contributed by atoms with Crippen molar-refractivity contribution in [1.29, 1.82) is 0 Å². The zero-order valence-corrected chi connectivity index (χ0v) is 22.7. The van der Waals surface area contributed by atoms with Gasteiger partial charge in [0.05, 0.1) is 16.7 Å². The van der Waals surface area contributed by atoms with Gasteiger partial charge < -0.3 is 4.74 Å². The van der Waals surface area contributed by atoms with Crippen molar-refractivity contribution in [2.45, 2.75) is 51.5 Å². The van der Waals surface area contributed by atoms with Crippen LogP contribution in [0.15, 0.2) is 70.9 Å². The van der Waals surface area contributed by atoms with Crippen LogP contribution in [0.2, 0.25) is 0 Å². The van der Waals surface area contributed by atoms with Crippen LogP contribution in [0.4, 0.5) is 0 Å². The van der Waals surface area contributed by atoms with Gasteiger partial charge in [0.1, 0.15) is 0 Å². The third kappa shape index (κ3) is 7.47. The molecule has 0 N–H and O–H groups in total. The van der Waals surface area contributed by atoms with Gasteiger partial charge in [-0.05, 0) is 66.6 Å². The van der Waals surface area contributed by atoms with Gasteiger partial charge in [0.25, 0.3) is 0 Å². The molecule has 0 spiro atoms. The van der Waals surface area contributed by atoms with Crippen molar-refractivity contribution in [1.82, 2.24) is 9.97 Å². The van der Waals surface area contributed by atoms with E-state index in [2.05, 4.69) is 37.9 Å². The summed E-state index contributed by atoms with van der Waals surface area (Å²) >= 11 is 6.48. The molecular formula is C28H33ClN2O3S. The number of nitrogens with zero attached hydrogens (tertiary/aromatic N) is 2. The number of sulfone groups is 1. The molecule has 3 aromatic rings. The van der Waals surface area contributed by atoms with E-state index in [0.29, 0.717) is 12.8 Å². The molecule has 5 nitrogen and oxygen atoms in total. The molecule has 0 saturated carbocycles. The number of benzene rings is 1. The van der Waals surface area contributed by atoms with Crippen LogP contribution in [-0.2, 0) is 14.6 Å². The summed E-state index contributed by atoms with van der Waals surface area (Å²) in [4.78, 5) is 9.50. The Kier molecular flexibility index (Phi) is 8.52. The molecule has 7 heteroatoms. The van der Waals surface area contributed by atoms with Gasteiger partial charge in [0.2, 0.25) is 0 Å². The van der Waals surface area contributed by atoms with Crippen LogP contribution >= 0.6 is 11.6 Å². The van der Waals surface area contributed by atoms with E-state index >= 15 is 0 Å². The predicted molar refractivity (Wildman–Crippen MR) is 143 cm³/mol. The Bertz CT molecular complexity index is 1290. The van der Waals surface area contributed by atoms with Crippen LogP contribution in [0, 0.1) is 12.3 Å². The Labute approximate surface area is 214 Å². The van der Waals surface area contributed by atoms with Crippen LogP contribution in [0.1, 0.15) is 51.0 Å². The highest BCUT2D eigenvalue weighted by molar-refractivity contribution is 7.90. The third-order valence-corrected chi connectivity index (χ3v) is 7.00. The molecule has 35 heavy (non-hydrogen) atoms. The highest BCUT2D eigenvalue weighted by atomic mass is 35.5. The van der Waals surface area contributed by atoms with E-state index < -0.39 is 9.84 Å². The zero-order valence-electron chi connectivity index (χ0n) is 21.2. The van der Waals surface area contributed by atoms with E-state index in [9.17, 15) is 8.42 Å². The van der Waals surface area contributed by atoms with Crippen LogP contribution in [-0.4, -0.2) is 31.8 Å². The highest BCUT2D eigenvalue weighted by Crippen LogP contribution is 2.35. The molecule has 2 aromatic heterocycles. The first kappa shape index (κ1) is 27.1. The summed E-state index contributed by atoms with van der Waals surface area (Å²) in [5.74, 6) is 0. The van der Waals surface area contributed by atoms with Gasteiger partial charge in [-0.2, -0.15) is 0 Å². The lowest BCUT2D eigenvalue weighted by Crippen LogP contribution is -2.05. The Balaban J connectivity index is 2.03. The maximum absolute atomic E-state index is 11.9. The Morgan fingerprint density at radius 1 is 1.06 bits per heavy atom. The van der Waals surface area contributed by atoms with Gasteiger partial charge in [-0.25, -0.2) is 8.42 Å². The monoisotopic (exact) mass is 512 g/mol. The van der Waals surface area contributed by atoms with Crippen molar-refractivity contribution < 1.29 is 13.2 Å². The van der Waals surface area contributed by atoms with Crippen molar-refractivity contribution in [3.05, 3.63) is 77.2 Å². The molecule has 0 saturated heterocycles. The van der Waals surface area contributed by atoms with Crippen molar-refractivity contribution >= 4 is 21.4 Å². The van der Waals surface area contributed by atoms with Gasteiger partial charge >= 0.3 is 0 Å². The van der Waals surface area contributed by atoms with Crippen molar-refractivity contribution in [2.24, 2.45) is 5.41 Å². The molecule has 0 aliphatic rings. The summed E-state index contributed by atoms with van der Waals surface area (Å²) in [5, 5.41) is 0.812. The van der Waals surface area contributed by atoms with E-state index in [-0.39, 0.29) is 16.4 Å². The maximum atomic E-state index is 11.9. The summed E-state index contributed by atoms with van der Waals surface area (Å²) in [6.45, 7) is 8.29. The molecule has 2 heterocycles. The van der Waals surface area contributed by atoms with Gasteiger partial charge in [-0.1, -0.05) is 50.6 Å². The summed E-state index contributed by atoms with van der Waals surface area (Å²) < 4.78 is 29.7. The fourth-order valence-electron chi connectivity index (χ4n) is 3.83. The van der Waals surface area contributed by atoms with Crippen LogP contribution in [0.5, 0.6) is 0 Å². The van der Waals surface area contributed by atoms with Crippen LogP contribution in [0.3, 0.4) is 0 Å². The Morgan fingerprint density at radius 2 is 1.71 bits per heavy atom. The number of methoxy groups -OCH3 is 1. The number of aromatic nitrogens is 2. The average Bonchev–Trinajstić information content (AvgIpc) is 2.78. The largest absolute Gasteiger partial charge is 0.377 e. The fourth-order valence-corrected chi connectivity index (χ4v) is 4.90. The van der Waals surface area contributed by atoms with E-state index in [1.54, 1.807) is 25.4 Å². The lowest BCUT2D eigenvalue weighted by molar-refractivity contribution is 0.0960. The molecule has 1 aromatic carbocycles. The summed E-state index contributed by atoms with van der Waals surface area (Å²) in [6.07, 6.45) is 8.12.